The first-order valence-electron chi connectivity index (χ1n) is 4.13. The molecular weight excluding hydrogens is 120 g/mol. The van der Waals surface area contributed by atoms with Crippen LogP contribution < -0.4 is 0 Å². The Morgan fingerprint density at radius 1 is 1.00 bits per heavy atom. The van der Waals surface area contributed by atoms with Crippen LogP contribution >= 0.6 is 0 Å². The zero-order valence-corrected chi connectivity index (χ0v) is 6.40. The van der Waals surface area contributed by atoms with Gasteiger partial charge in [-0.1, -0.05) is 25.0 Å². The molecule has 0 heteroatoms. The van der Waals surface area contributed by atoms with E-state index in [2.05, 4.69) is 18.2 Å². The third-order valence-electron chi connectivity index (χ3n) is 1.73. The highest BCUT2D eigenvalue weighted by Crippen LogP contribution is 2.07. The second kappa shape index (κ2) is 5.28. The lowest BCUT2D eigenvalue weighted by molar-refractivity contribution is 0.646. The lowest BCUT2D eigenvalue weighted by Gasteiger charge is -1.97. The Balaban J connectivity index is 2.26. The number of hydrogen-bond donors (Lipinski definition) is 0. The van der Waals surface area contributed by atoms with Crippen LogP contribution in [0.4, 0.5) is 0 Å². The molecule has 0 unspecified atom stereocenters. The van der Waals surface area contributed by atoms with E-state index in [-0.39, 0.29) is 0 Å². The van der Waals surface area contributed by atoms with E-state index in [1.165, 1.54) is 32.1 Å². The third kappa shape index (κ3) is 3.49. The third-order valence-corrected chi connectivity index (χ3v) is 1.73. The smallest absolute Gasteiger partial charge is 0.0149 e. The first kappa shape index (κ1) is 7.59. The van der Waals surface area contributed by atoms with Gasteiger partial charge in [0, 0.05) is 0 Å². The summed E-state index contributed by atoms with van der Waals surface area (Å²) < 4.78 is 0. The Labute approximate surface area is 63.6 Å². The molecule has 10 heavy (non-hydrogen) atoms. The van der Waals surface area contributed by atoms with Gasteiger partial charge >= 0.3 is 0 Å². The van der Waals surface area contributed by atoms with Crippen molar-refractivity contribution >= 4 is 0 Å². The molecule has 0 atom stereocenters. The van der Waals surface area contributed by atoms with Gasteiger partial charge in [-0.2, -0.15) is 0 Å². The van der Waals surface area contributed by atoms with Crippen molar-refractivity contribution in [3.63, 3.8) is 0 Å². The van der Waals surface area contributed by atoms with Crippen LogP contribution in [-0.4, -0.2) is 0 Å². The minimum atomic E-state index is 1.09. The standard InChI is InChI=1S/C10H14/c1-2-4-6-8-10-9-7-5-3-1/h1-2H,3,5,7-10H2/b2-1+,6-4?. The monoisotopic (exact) mass is 134 g/mol. The zero-order valence-electron chi connectivity index (χ0n) is 6.40. The molecule has 2 radical (unpaired) electrons. The zero-order chi connectivity index (χ0) is 7.07. The topological polar surface area (TPSA) is 0 Å². The van der Waals surface area contributed by atoms with Gasteiger partial charge in [0.05, 0.1) is 0 Å². The van der Waals surface area contributed by atoms with Crippen LogP contribution in [0.2, 0.25) is 0 Å². The largest absolute Gasteiger partial charge is 0.0839 e. The molecule has 0 aromatic rings. The average molecular weight is 134 g/mol. The molecule has 0 N–H and O–H groups in total. The number of hydrogen-bond acceptors (Lipinski definition) is 0. The van der Waals surface area contributed by atoms with Crippen LogP contribution in [0.15, 0.2) is 12.2 Å². The van der Waals surface area contributed by atoms with Crippen LogP contribution in [-0.2, 0) is 0 Å². The second-order valence-electron chi connectivity index (χ2n) is 2.68. The summed E-state index contributed by atoms with van der Waals surface area (Å²) in [5.41, 5.74) is 0. The fourth-order valence-corrected chi connectivity index (χ4v) is 1.10. The van der Waals surface area contributed by atoms with Gasteiger partial charge in [0.2, 0.25) is 0 Å². The van der Waals surface area contributed by atoms with Crippen molar-refractivity contribution in [1.29, 1.82) is 0 Å². The predicted octanol–water partition coefficient (Wildman–Crippen LogP) is 3.06. The average Bonchev–Trinajstić information content (AvgIpc) is 2.01. The predicted molar refractivity (Wildman–Crippen MR) is 43.3 cm³/mol. The van der Waals surface area contributed by atoms with Gasteiger partial charge in [-0.3, -0.25) is 0 Å². The van der Waals surface area contributed by atoms with E-state index in [1.807, 2.05) is 6.08 Å². The fourth-order valence-electron chi connectivity index (χ4n) is 1.10. The summed E-state index contributed by atoms with van der Waals surface area (Å²) in [6, 6.07) is 0. The summed E-state index contributed by atoms with van der Waals surface area (Å²) in [6.07, 6.45) is 18.0. The quantitative estimate of drug-likeness (QED) is 0.477. The number of rotatable bonds is 0. The maximum absolute atomic E-state index is 3.12. The molecule has 0 saturated carbocycles. The normalized spacial score (nSPS) is 27.2. The highest BCUT2D eigenvalue weighted by Gasteiger charge is 1.88. The Morgan fingerprint density at radius 3 is 2.90 bits per heavy atom. The van der Waals surface area contributed by atoms with E-state index in [0.717, 1.165) is 6.42 Å². The highest BCUT2D eigenvalue weighted by molar-refractivity contribution is 4.92. The highest BCUT2D eigenvalue weighted by atomic mass is 13.9. The molecule has 0 aromatic carbocycles. The molecule has 0 aliphatic heterocycles. The molecule has 1 aliphatic carbocycles. The van der Waals surface area contributed by atoms with Crippen LogP contribution in [0.5, 0.6) is 0 Å². The summed E-state index contributed by atoms with van der Waals surface area (Å²) in [6.45, 7) is 0. The van der Waals surface area contributed by atoms with Gasteiger partial charge in [-0.05, 0) is 37.8 Å². The van der Waals surface area contributed by atoms with E-state index >= 15 is 0 Å². The lowest BCUT2D eigenvalue weighted by Crippen LogP contribution is -1.78. The first-order valence-corrected chi connectivity index (χ1v) is 4.13. The van der Waals surface area contributed by atoms with Gasteiger partial charge in [-0.25, -0.2) is 0 Å². The second-order valence-corrected chi connectivity index (χ2v) is 2.68. The molecule has 0 nitrogen and oxygen atoms in total. The summed E-state index contributed by atoms with van der Waals surface area (Å²) in [7, 11) is 0. The molecule has 0 saturated heterocycles. The van der Waals surface area contributed by atoms with Crippen LogP contribution in [0.3, 0.4) is 0 Å². The first-order chi connectivity index (χ1) is 5.00. The molecule has 54 valence electrons. The molecule has 0 aromatic heterocycles. The van der Waals surface area contributed by atoms with Gasteiger partial charge in [-0.15, -0.1) is 0 Å². The van der Waals surface area contributed by atoms with Gasteiger partial charge < -0.3 is 0 Å². The van der Waals surface area contributed by atoms with Crippen molar-refractivity contribution in [3.8, 4) is 0 Å². The van der Waals surface area contributed by atoms with Crippen LogP contribution in [0.1, 0.15) is 38.5 Å². The Morgan fingerprint density at radius 2 is 1.90 bits per heavy atom. The van der Waals surface area contributed by atoms with Crippen molar-refractivity contribution in [1.82, 2.24) is 0 Å². The summed E-state index contributed by atoms with van der Waals surface area (Å²) >= 11 is 0. The lowest BCUT2D eigenvalue weighted by atomic mass is 10.1. The van der Waals surface area contributed by atoms with E-state index in [1.54, 1.807) is 0 Å². The van der Waals surface area contributed by atoms with E-state index in [0.29, 0.717) is 0 Å². The van der Waals surface area contributed by atoms with Gasteiger partial charge in [0.15, 0.2) is 0 Å². The van der Waals surface area contributed by atoms with Crippen LogP contribution in [0, 0.1) is 12.2 Å². The molecule has 0 heterocycles. The van der Waals surface area contributed by atoms with Gasteiger partial charge in [0.1, 0.15) is 0 Å². The minimum Gasteiger partial charge on any atom is -0.0839 e. The Bertz CT molecular complexity index is 104. The van der Waals surface area contributed by atoms with Crippen molar-refractivity contribution in [2.75, 3.05) is 0 Å². The van der Waals surface area contributed by atoms with E-state index in [4.69, 9.17) is 0 Å². The summed E-state index contributed by atoms with van der Waals surface area (Å²) in [5, 5.41) is 0. The molecule has 0 bridgehead atoms. The molecule has 0 spiro atoms. The molecule has 1 rings (SSSR count). The maximum Gasteiger partial charge on any atom is -0.0149 e. The van der Waals surface area contributed by atoms with Crippen LogP contribution in [0.25, 0.3) is 0 Å². The summed E-state index contributed by atoms with van der Waals surface area (Å²) in [5.74, 6) is 0. The fraction of sp³-hybridized carbons (Fsp3) is 0.600. The summed E-state index contributed by atoms with van der Waals surface area (Å²) in [4.78, 5) is 0. The maximum atomic E-state index is 3.12. The molecule has 0 amide bonds. The van der Waals surface area contributed by atoms with Crippen molar-refractivity contribution in [2.24, 2.45) is 0 Å². The van der Waals surface area contributed by atoms with Crippen molar-refractivity contribution in [2.45, 2.75) is 38.5 Å². The SMILES string of the molecule is [C]1=[C]\CCCCCC/C=C/1. The van der Waals surface area contributed by atoms with E-state index < -0.39 is 0 Å². The van der Waals surface area contributed by atoms with E-state index in [9.17, 15) is 0 Å². The van der Waals surface area contributed by atoms with Crippen molar-refractivity contribution < 1.29 is 0 Å². The van der Waals surface area contributed by atoms with Gasteiger partial charge in [0.25, 0.3) is 0 Å². The molecule has 1 aliphatic rings. The Hall–Kier alpha value is -0.520. The molecule has 0 fully saturated rings. The minimum absolute atomic E-state index is 1.09. The Kier molecular flexibility index (Phi) is 4.00. The number of allylic oxidation sites excluding steroid dienone is 4. The van der Waals surface area contributed by atoms with Crippen molar-refractivity contribution in [3.05, 3.63) is 24.3 Å². The molecular formula is C10H14.